The Kier molecular flexibility index (Phi) is 5.35. The molecule has 0 atom stereocenters. The van der Waals surface area contributed by atoms with Crippen LogP contribution in [0.15, 0.2) is 30.3 Å². The molecular formula is C11H11ClN2O7. The summed E-state index contributed by atoms with van der Waals surface area (Å²) in [5.41, 5.74) is 1.83. The average Bonchev–Trinajstić information content (AvgIpc) is 2.36. The monoisotopic (exact) mass is 318 g/mol. The van der Waals surface area contributed by atoms with Crippen molar-refractivity contribution in [1.82, 2.24) is 0 Å². The van der Waals surface area contributed by atoms with Crippen molar-refractivity contribution in [2.75, 3.05) is 7.11 Å². The van der Waals surface area contributed by atoms with E-state index in [0.717, 1.165) is 16.6 Å². The third kappa shape index (κ3) is 5.10. The highest BCUT2D eigenvalue weighted by atomic mass is 35.7. The molecule has 0 aliphatic carbocycles. The summed E-state index contributed by atoms with van der Waals surface area (Å²) in [6.45, 7) is 1.91. The molecule has 21 heavy (non-hydrogen) atoms. The van der Waals surface area contributed by atoms with Gasteiger partial charge in [0.15, 0.2) is 0 Å². The molecule has 0 radical (unpaired) electrons. The van der Waals surface area contributed by atoms with Crippen molar-refractivity contribution < 1.29 is 43.4 Å². The molecule has 0 fully saturated rings. The first-order chi connectivity index (χ1) is 9.63. The minimum Gasteiger partial charge on any atom is -0.274 e. The van der Waals surface area contributed by atoms with Crippen LogP contribution in [0, 0.1) is 27.3 Å². The molecule has 0 N–H and O–H groups in total. The summed E-state index contributed by atoms with van der Waals surface area (Å²) in [6, 6.07) is 8.38. The summed E-state index contributed by atoms with van der Waals surface area (Å²) in [5, 5.41) is 11.4. The first-order valence-electron chi connectivity index (χ1n) is 5.39. The maximum absolute atomic E-state index is 10.6. The lowest BCUT2D eigenvalue weighted by Crippen LogP contribution is -2.68. The van der Waals surface area contributed by atoms with Crippen molar-refractivity contribution in [3.8, 4) is 0 Å². The zero-order chi connectivity index (χ0) is 16.2. The van der Waals surface area contributed by atoms with Crippen molar-refractivity contribution in [2.24, 2.45) is 0 Å². The van der Waals surface area contributed by atoms with Gasteiger partial charge in [-0.3, -0.25) is 15.0 Å². The van der Waals surface area contributed by atoms with Crippen LogP contribution in [0.3, 0.4) is 0 Å². The number of aryl methyl sites for hydroxylation is 1. The Morgan fingerprint density at radius 1 is 1.14 bits per heavy atom. The van der Waals surface area contributed by atoms with Gasteiger partial charge in [0.05, 0.1) is 10.3 Å². The van der Waals surface area contributed by atoms with Gasteiger partial charge in [-0.1, -0.05) is 0 Å². The minimum atomic E-state index is -4.94. The van der Waals surface area contributed by atoms with E-state index < -0.39 is 15.2 Å². The maximum Gasteiger partial charge on any atom is 0.270 e. The van der Waals surface area contributed by atoms with Crippen LogP contribution < -0.4 is 28.2 Å². The highest BCUT2D eigenvalue weighted by molar-refractivity contribution is 5.78. The molecule has 2 aromatic rings. The van der Waals surface area contributed by atoms with E-state index in [2.05, 4.69) is 0 Å². The van der Waals surface area contributed by atoms with Crippen molar-refractivity contribution in [1.29, 1.82) is 0 Å². The zero-order valence-corrected chi connectivity index (χ0v) is 11.8. The Morgan fingerprint density at radius 2 is 1.71 bits per heavy atom. The molecule has 1 heterocycles. The van der Waals surface area contributed by atoms with Gasteiger partial charge in [0.2, 0.25) is 5.69 Å². The molecule has 10 heteroatoms. The summed E-state index contributed by atoms with van der Waals surface area (Å²) in [7, 11) is -3.38. The summed E-state index contributed by atoms with van der Waals surface area (Å²) in [6.07, 6.45) is 0. The van der Waals surface area contributed by atoms with Gasteiger partial charge in [0, 0.05) is 35.9 Å². The molecule has 114 valence electrons. The number of benzene rings is 1. The molecule has 9 nitrogen and oxygen atoms in total. The lowest BCUT2D eigenvalue weighted by Gasteiger charge is -2.17. The Balaban J connectivity index is 0.000000383. The Labute approximate surface area is 121 Å². The van der Waals surface area contributed by atoms with E-state index in [0.29, 0.717) is 0 Å². The predicted octanol–water partition coefficient (Wildman–Crippen LogP) is -3.35. The quantitative estimate of drug-likeness (QED) is 0.319. The van der Waals surface area contributed by atoms with Crippen LogP contribution in [0.25, 0.3) is 10.9 Å². The highest BCUT2D eigenvalue weighted by Crippen LogP contribution is 2.18. The van der Waals surface area contributed by atoms with E-state index in [1.165, 1.54) is 12.1 Å². The fourth-order valence-corrected chi connectivity index (χ4v) is 1.68. The smallest absolute Gasteiger partial charge is 0.270 e. The molecule has 1 aromatic heterocycles. The predicted molar refractivity (Wildman–Crippen MR) is 58.0 cm³/mol. The number of nitrogens with zero attached hydrogens (tertiary/aromatic N) is 2. The highest BCUT2D eigenvalue weighted by Gasteiger charge is 2.16. The minimum absolute atomic E-state index is 0.0824. The van der Waals surface area contributed by atoms with Gasteiger partial charge in [0.1, 0.15) is 7.11 Å². The summed E-state index contributed by atoms with van der Waals surface area (Å²) in [4.78, 5) is 15.4. The number of hydrogen-bond acceptors (Lipinski definition) is 7. The van der Waals surface area contributed by atoms with Crippen molar-refractivity contribution in [3.63, 3.8) is 0 Å². The second kappa shape index (κ2) is 6.61. The van der Waals surface area contributed by atoms with Crippen LogP contribution in [-0.4, -0.2) is 12.0 Å². The van der Waals surface area contributed by atoms with E-state index in [-0.39, 0.29) is 5.69 Å². The van der Waals surface area contributed by atoms with Gasteiger partial charge in [-0.25, -0.2) is 18.6 Å². The van der Waals surface area contributed by atoms with E-state index >= 15 is 0 Å². The third-order valence-corrected chi connectivity index (χ3v) is 2.45. The molecular weight excluding hydrogens is 308 g/mol. The molecule has 0 saturated heterocycles. The second-order valence-corrected chi connectivity index (χ2v) is 4.59. The van der Waals surface area contributed by atoms with Gasteiger partial charge < -0.3 is 0 Å². The fourth-order valence-electron chi connectivity index (χ4n) is 1.68. The van der Waals surface area contributed by atoms with E-state index in [9.17, 15) is 10.1 Å². The molecule has 0 amide bonds. The van der Waals surface area contributed by atoms with Gasteiger partial charge >= 0.3 is 0 Å². The van der Waals surface area contributed by atoms with Crippen LogP contribution in [0.2, 0.25) is 0 Å². The average molecular weight is 319 g/mol. The summed E-state index contributed by atoms with van der Waals surface area (Å²) in [5.74, 6) is 0. The van der Waals surface area contributed by atoms with Crippen molar-refractivity contribution >= 4 is 16.6 Å². The SMILES string of the molecule is CO[n+]1c(C)ccc2cc([N+](=O)[O-])ccc21.[O-][Cl+3]([O-])([O-])[O-]. The Hall–Kier alpha value is -2.04. The Bertz CT molecular complexity index is 651. The second-order valence-electron chi connectivity index (χ2n) is 3.83. The van der Waals surface area contributed by atoms with E-state index in [1.54, 1.807) is 17.9 Å². The largest absolute Gasteiger partial charge is 0.274 e. The molecule has 0 spiro atoms. The number of hydrogen-bond donors (Lipinski definition) is 0. The number of nitro groups is 1. The number of non-ortho nitro benzene ring substituents is 1. The van der Waals surface area contributed by atoms with Gasteiger partial charge in [0.25, 0.3) is 11.2 Å². The van der Waals surface area contributed by atoms with Crippen molar-refractivity contribution in [2.45, 2.75) is 6.92 Å². The lowest BCUT2D eigenvalue weighted by atomic mass is 10.2. The van der Waals surface area contributed by atoms with E-state index in [1.807, 2.05) is 19.1 Å². The molecule has 0 aliphatic rings. The maximum atomic E-state index is 10.6. The normalized spacial score (nSPS) is 10.8. The molecule has 1 aromatic carbocycles. The van der Waals surface area contributed by atoms with Gasteiger partial charge in [-0.15, -0.1) is 10.2 Å². The number of aromatic nitrogens is 1. The lowest BCUT2D eigenvalue weighted by molar-refractivity contribution is -2.00. The van der Waals surface area contributed by atoms with Crippen molar-refractivity contribution in [3.05, 3.63) is 46.1 Å². The number of rotatable bonds is 2. The van der Waals surface area contributed by atoms with Crippen LogP contribution in [0.5, 0.6) is 0 Å². The number of fused-ring (bicyclic) bond motifs is 1. The third-order valence-electron chi connectivity index (χ3n) is 2.45. The first kappa shape index (κ1) is 17.0. The van der Waals surface area contributed by atoms with Gasteiger partial charge in [-0.2, -0.15) is 0 Å². The fraction of sp³-hybridized carbons (Fsp3) is 0.182. The summed E-state index contributed by atoms with van der Waals surface area (Å²) >= 11 is 0. The first-order valence-corrected chi connectivity index (χ1v) is 6.63. The standard InChI is InChI=1S/C11H11N2O3.ClHO4/c1-8-3-4-9-7-10(13(14)15)5-6-11(9)12(8)16-2;2-1(3,4)5/h3-7H,1-2H3;(H,2,3,4,5)/q+1;/p-1. The molecule has 0 aliphatic heterocycles. The molecule has 0 saturated carbocycles. The molecule has 0 bridgehead atoms. The van der Waals surface area contributed by atoms with E-state index in [4.69, 9.17) is 23.5 Å². The van der Waals surface area contributed by atoms with Crippen LogP contribution in [0.1, 0.15) is 5.69 Å². The van der Waals surface area contributed by atoms with Crippen LogP contribution in [0.4, 0.5) is 5.69 Å². The number of nitro benzene ring substituents is 1. The molecule has 2 rings (SSSR count). The van der Waals surface area contributed by atoms with Crippen LogP contribution >= 0.6 is 0 Å². The number of pyridine rings is 1. The van der Waals surface area contributed by atoms with Crippen LogP contribution in [-0.2, 0) is 0 Å². The topological polar surface area (TPSA) is 148 Å². The Morgan fingerprint density at radius 3 is 2.19 bits per heavy atom. The zero-order valence-electron chi connectivity index (χ0n) is 11.0. The summed E-state index contributed by atoms with van der Waals surface area (Å²) < 4.78 is 35.6. The number of halogens is 1. The molecule has 0 unspecified atom stereocenters. The van der Waals surface area contributed by atoms with Gasteiger partial charge in [-0.05, 0) is 6.07 Å².